The van der Waals surface area contributed by atoms with Gasteiger partial charge in [-0.25, -0.2) is 0 Å². The number of hydrogen-bond donors (Lipinski definition) is 0. The Morgan fingerprint density at radius 3 is 1.57 bits per heavy atom. The third kappa shape index (κ3) is 3.40. The average molecular weight is 369 g/mol. The lowest BCUT2D eigenvalue weighted by atomic mass is 10.0. The van der Waals surface area contributed by atoms with Gasteiger partial charge < -0.3 is 9.47 Å². The molecule has 0 aliphatic rings. The zero-order valence-corrected chi connectivity index (χ0v) is 14.6. The number of methoxy groups -OCH3 is 2. The molecule has 3 aromatic carbocycles. The summed E-state index contributed by atoms with van der Waals surface area (Å²) in [5.74, 6) is 1.72. The van der Waals surface area contributed by atoms with E-state index in [9.17, 15) is 0 Å². The standard InChI is InChI=1S/C20H17BrO2/c1-22-17-8-3-14(4-9-17)16-7-12-19(20(21)13-16)15-5-10-18(23-2)11-6-15/h3-13H,1-2H3. The third-order valence-electron chi connectivity index (χ3n) is 3.79. The first-order valence-electron chi connectivity index (χ1n) is 7.29. The van der Waals surface area contributed by atoms with Crippen LogP contribution in [-0.4, -0.2) is 14.2 Å². The molecule has 2 nitrogen and oxygen atoms in total. The minimum atomic E-state index is 0.861. The predicted molar refractivity (Wildman–Crippen MR) is 98.1 cm³/mol. The summed E-state index contributed by atoms with van der Waals surface area (Å²) >= 11 is 3.69. The molecule has 3 rings (SSSR count). The van der Waals surface area contributed by atoms with Crippen molar-refractivity contribution in [3.05, 3.63) is 71.2 Å². The molecule has 0 heterocycles. The summed E-state index contributed by atoms with van der Waals surface area (Å²) in [7, 11) is 3.35. The Hall–Kier alpha value is -2.26. The predicted octanol–water partition coefficient (Wildman–Crippen LogP) is 5.80. The molecule has 0 atom stereocenters. The van der Waals surface area contributed by atoms with Crippen molar-refractivity contribution in [3.63, 3.8) is 0 Å². The van der Waals surface area contributed by atoms with Crippen LogP contribution < -0.4 is 9.47 Å². The van der Waals surface area contributed by atoms with Crippen LogP contribution in [-0.2, 0) is 0 Å². The van der Waals surface area contributed by atoms with Crippen molar-refractivity contribution >= 4 is 15.9 Å². The van der Waals surface area contributed by atoms with E-state index >= 15 is 0 Å². The van der Waals surface area contributed by atoms with Crippen LogP contribution in [0.4, 0.5) is 0 Å². The molecule has 0 amide bonds. The zero-order valence-electron chi connectivity index (χ0n) is 13.0. The van der Waals surface area contributed by atoms with Gasteiger partial charge in [-0.05, 0) is 52.6 Å². The smallest absolute Gasteiger partial charge is 0.118 e. The van der Waals surface area contributed by atoms with Crippen LogP contribution in [0.5, 0.6) is 11.5 Å². The maximum Gasteiger partial charge on any atom is 0.118 e. The van der Waals surface area contributed by atoms with Crippen molar-refractivity contribution in [1.82, 2.24) is 0 Å². The van der Waals surface area contributed by atoms with Crippen molar-refractivity contribution in [2.45, 2.75) is 0 Å². The largest absolute Gasteiger partial charge is 0.497 e. The van der Waals surface area contributed by atoms with Crippen LogP contribution in [0.15, 0.2) is 71.2 Å². The van der Waals surface area contributed by atoms with Gasteiger partial charge in [-0.15, -0.1) is 0 Å². The molecule has 0 saturated heterocycles. The van der Waals surface area contributed by atoms with Crippen LogP contribution in [0, 0.1) is 0 Å². The molecule has 0 unspecified atom stereocenters. The summed E-state index contributed by atoms with van der Waals surface area (Å²) in [6.07, 6.45) is 0. The Morgan fingerprint density at radius 2 is 1.09 bits per heavy atom. The molecular formula is C20H17BrO2. The summed E-state index contributed by atoms with van der Waals surface area (Å²) in [6.45, 7) is 0. The number of ether oxygens (including phenoxy) is 2. The molecule has 0 fully saturated rings. The molecule has 0 aliphatic carbocycles. The maximum absolute atomic E-state index is 5.21. The molecule has 3 aromatic rings. The lowest BCUT2D eigenvalue weighted by molar-refractivity contribution is 0.415. The maximum atomic E-state index is 5.21. The first-order chi connectivity index (χ1) is 11.2. The van der Waals surface area contributed by atoms with Crippen molar-refractivity contribution in [2.24, 2.45) is 0 Å². The van der Waals surface area contributed by atoms with Crippen LogP contribution in [0.3, 0.4) is 0 Å². The Labute approximate surface area is 144 Å². The van der Waals surface area contributed by atoms with E-state index in [1.807, 2.05) is 24.3 Å². The Kier molecular flexibility index (Phi) is 4.68. The second-order valence-electron chi connectivity index (χ2n) is 5.15. The number of hydrogen-bond acceptors (Lipinski definition) is 2. The van der Waals surface area contributed by atoms with Crippen LogP contribution >= 0.6 is 15.9 Å². The number of halogens is 1. The van der Waals surface area contributed by atoms with E-state index in [0.29, 0.717) is 0 Å². The SMILES string of the molecule is COc1ccc(-c2ccc(-c3ccc(OC)cc3)c(Br)c2)cc1. The summed E-state index contributed by atoms with van der Waals surface area (Å²) in [5.41, 5.74) is 4.63. The van der Waals surface area contributed by atoms with Gasteiger partial charge in [0.1, 0.15) is 11.5 Å². The molecule has 0 bridgehead atoms. The van der Waals surface area contributed by atoms with Crippen molar-refractivity contribution in [1.29, 1.82) is 0 Å². The van der Waals surface area contributed by atoms with Gasteiger partial charge in [-0.1, -0.05) is 52.3 Å². The third-order valence-corrected chi connectivity index (χ3v) is 4.45. The molecule has 0 spiro atoms. The average Bonchev–Trinajstić information content (AvgIpc) is 2.62. The lowest BCUT2D eigenvalue weighted by Gasteiger charge is -2.09. The minimum Gasteiger partial charge on any atom is -0.497 e. The van der Waals surface area contributed by atoms with E-state index in [4.69, 9.17) is 9.47 Å². The van der Waals surface area contributed by atoms with Gasteiger partial charge in [0, 0.05) is 4.47 Å². The van der Waals surface area contributed by atoms with Gasteiger partial charge in [0.05, 0.1) is 14.2 Å². The highest BCUT2D eigenvalue weighted by molar-refractivity contribution is 9.10. The van der Waals surface area contributed by atoms with E-state index in [2.05, 4.69) is 58.4 Å². The zero-order chi connectivity index (χ0) is 16.2. The van der Waals surface area contributed by atoms with E-state index in [-0.39, 0.29) is 0 Å². The molecule has 116 valence electrons. The quantitative estimate of drug-likeness (QED) is 0.579. The van der Waals surface area contributed by atoms with E-state index in [1.165, 1.54) is 0 Å². The Balaban J connectivity index is 1.92. The summed E-state index contributed by atoms with van der Waals surface area (Å²) < 4.78 is 11.5. The lowest BCUT2D eigenvalue weighted by Crippen LogP contribution is -1.86. The van der Waals surface area contributed by atoms with Crippen LogP contribution in [0.25, 0.3) is 22.3 Å². The van der Waals surface area contributed by atoms with Gasteiger partial charge in [0.2, 0.25) is 0 Å². The molecule has 0 N–H and O–H groups in total. The normalized spacial score (nSPS) is 10.4. The molecule has 23 heavy (non-hydrogen) atoms. The monoisotopic (exact) mass is 368 g/mol. The summed E-state index contributed by atoms with van der Waals surface area (Å²) in [5, 5.41) is 0. The van der Waals surface area contributed by atoms with Crippen LogP contribution in [0.1, 0.15) is 0 Å². The van der Waals surface area contributed by atoms with E-state index < -0.39 is 0 Å². The first-order valence-corrected chi connectivity index (χ1v) is 8.09. The Bertz CT molecular complexity index is 793. The second-order valence-corrected chi connectivity index (χ2v) is 6.01. The van der Waals surface area contributed by atoms with Gasteiger partial charge in [0.15, 0.2) is 0 Å². The summed E-state index contributed by atoms with van der Waals surface area (Å²) in [4.78, 5) is 0. The van der Waals surface area contributed by atoms with Gasteiger partial charge in [-0.2, -0.15) is 0 Å². The topological polar surface area (TPSA) is 18.5 Å². The van der Waals surface area contributed by atoms with Gasteiger partial charge in [0.25, 0.3) is 0 Å². The molecule has 0 radical (unpaired) electrons. The Morgan fingerprint density at radius 1 is 0.609 bits per heavy atom. The van der Waals surface area contributed by atoms with Crippen LogP contribution in [0.2, 0.25) is 0 Å². The number of rotatable bonds is 4. The van der Waals surface area contributed by atoms with Gasteiger partial charge in [-0.3, -0.25) is 0 Å². The first kappa shape index (κ1) is 15.6. The molecule has 3 heteroatoms. The highest BCUT2D eigenvalue weighted by Gasteiger charge is 2.06. The fraction of sp³-hybridized carbons (Fsp3) is 0.100. The van der Waals surface area contributed by atoms with E-state index in [1.54, 1.807) is 14.2 Å². The fourth-order valence-electron chi connectivity index (χ4n) is 2.48. The minimum absolute atomic E-state index is 0.861. The molecule has 0 aromatic heterocycles. The fourth-order valence-corrected chi connectivity index (χ4v) is 3.09. The van der Waals surface area contributed by atoms with Gasteiger partial charge >= 0.3 is 0 Å². The van der Waals surface area contributed by atoms with Crippen molar-refractivity contribution in [2.75, 3.05) is 14.2 Å². The number of benzene rings is 3. The van der Waals surface area contributed by atoms with E-state index in [0.717, 1.165) is 38.2 Å². The van der Waals surface area contributed by atoms with Crippen molar-refractivity contribution in [3.8, 4) is 33.8 Å². The van der Waals surface area contributed by atoms with Crippen molar-refractivity contribution < 1.29 is 9.47 Å². The second kappa shape index (κ2) is 6.88. The summed E-state index contributed by atoms with van der Waals surface area (Å²) in [6, 6.07) is 22.5. The highest BCUT2D eigenvalue weighted by atomic mass is 79.9. The molecule has 0 aliphatic heterocycles. The molecular weight excluding hydrogens is 352 g/mol. The highest BCUT2D eigenvalue weighted by Crippen LogP contribution is 2.33. The molecule has 0 saturated carbocycles.